The number of anilines is 5. The molecule has 8 rings (SSSR count). The van der Waals surface area contributed by atoms with E-state index in [2.05, 4.69) is 123 Å². The number of rotatable bonds is 11. The van der Waals surface area contributed by atoms with E-state index < -0.39 is 0 Å². The van der Waals surface area contributed by atoms with Crippen molar-refractivity contribution < 1.29 is 0 Å². The fourth-order valence-electron chi connectivity index (χ4n) is 8.83. The van der Waals surface area contributed by atoms with Gasteiger partial charge >= 0.3 is 0 Å². The van der Waals surface area contributed by atoms with Crippen LogP contribution in [0.15, 0.2) is 97.3 Å². The highest BCUT2D eigenvalue weighted by molar-refractivity contribution is 6.32. The molecule has 11 heteroatoms. The molecule has 1 atom stereocenters. The molecule has 0 saturated carbocycles. The zero-order valence-electron chi connectivity index (χ0n) is 32.5. The second kappa shape index (κ2) is 15.1. The standard InChI is InChI=1S/C44H53ClN10/c1-27(46-5)11-13-33-22-34-23-35(14-16-39(34)52(6)30(33)4)49-43-38(45)24-47-44(50-43)54-19-17-31(18-20-54)21-32-25-55(26-32)40-10-8-9-37-41(51-53(7)42(37)40)36-15-12-28(2)48-29(36)3/h8-10,14,16,22-24,31-32,36,46,48H,1-4,11-13,15,17-21,25-26H2,5-7H3,(H,47,49,50). The Balaban J connectivity index is 0.868. The number of para-hydroxylation sites is 1. The van der Waals surface area contributed by atoms with Crippen LogP contribution in [-0.2, 0) is 7.05 Å². The number of fused-ring (bicyclic) bond motifs is 2. The van der Waals surface area contributed by atoms with Gasteiger partial charge in [-0.3, -0.25) is 4.68 Å². The summed E-state index contributed by atoms with van der Waals surface area (Å²) in [4.78, 5) is 16.6. The number of likely N-dealkylation sites (N-methyl/N-ethyl adjacent to an activating group) is 1. The topological polar surface area (TPSA) is 89.4 Å². The number of aromatic nitrogens is 4. The molecule has 2 aromatic heterocycles. The van der Waals surface area contributed by atoms with Crippen molar-refractivity contribution in [2.45, 2.75) is 50.9 Å². The Morgan fingerprint density at radius 3 is 2.56 bits per heavy atom. The summed E-state index contributed by atoms with van der Waals surface area (Å²) in [6, 6.07) is 13.0. The van der Waals surface area contributed by atoms with E-state index in [1.807, 2.05) is 7.05 Å². The number of benzene rings is 2. The quantitative estimate of drug-likeness (QED) is 0.139. The Labute approximate surface area is 330 Å². The predicted molar refractivity (Wildman–Crippen MR) is 229 cm³/mol. The molecule has 0 bridgehead atoms. The van der Waals surface area contributed by atoms with Crippen LogP contribution in [0.2, 0.25) is 5.02 Å². The molecule has 4 aromatic rings. The average molecular weight is 757 g/mol. The van der Waals surface area contributed by atoms with Gasteiger partial charge in [0.15, 0.2) is 5.82 Å². The van der Waals surface area contributed by atoms with Crippen LogP contribution >= 0.6 is 11.6 Å². The van der Waals surface area contributed by atoms with Gasteiger partial charge < -0.3 is 30.7 Å². The smallest absolute Gasteiger partial charge is 0.227 e. The lowest BCUT2D eigenvalue weighted by Gasteiger charge is -2.44. The minimum atomic E-state index is 0.199. The van der Waals surface area contributed by atoms with Gasteiger partial charge in [0.05, 0.1) is 23.1 Å². The maximum Gasteiger partial charge on any atom is 0.227 e. The lowest BCUT2D eigenvalue weighted by molar-refractivity contribution is 0.277. The number of hydrogen-bond acceptors (Lipinski definition) is 9. The first kappa shape index (κ1) is 36.7. The first-order valence-corrected chi connectivity index (χ1v) is 20.0. The Morgan fingerprint density at radius 2 is 1.80 bits per heavy atom. The highest BCUT2D eigenvalue weighted by Gasteiger charge is 2.34. The average Bonchev–Trinajstić information content (AvgIpc) is 3.50. The summed E-state index contributed by atoms with van der Waals surface area (Å²) in [7, 11) is 6.05. The van der Waals surface area contributed by atoms with Gasteiger partial charge in [0.2, 0.25) is 5.95 Å². The van der Waals surface area contributed by atoms with E-state index in [1.165, 1.54) is 28.6 Å². The first-order valence-electron chi connectivity index (χ1n) is 19.6. The lowest BCUT2D eigenvalue weighted by atomic mass is 9.83. The zero-order valence-corrected chi connectivity index (χ0v) is 33.2. The van der Waals surface area contributed by atoms with E-state index in [-0.39, 0.29) is 5.92 Å². The van der Waals surface area contributed by atoms with Crippen LogP contribution in [0, 0.1) is 11.8 Å². The van der Waals surface area contributed by atoms with E-state index in [0.717, 1.165) is 116 Å². The van der Waals surface area contributed by atoms with Gasteiger partial charge in [0, 0.05) is 98.4 Å². The maximum absolute atomic E-state index is 6.66. The summed E-state index contributed by atoms with van der Waals surface area (Å²) in [5, 5.41) is 16.8. The Kier molecular flexibility index (Phi) is 10.1. The monoisotopic (exact) mass is 756 g/mol. The van der Waals surface area contributed by atoms with Crippen molar-refractivity contribution in [3.05, 3.63) is 114 Å². The molecular formula is C44H53ClN10. The molecule has 3 N–H and O–H groups in total. The van der Waals surface area contributed by atoms with E-state index in [0.29, 0.717) is 22.7 Å². The third kappa shape index (κ3) is 7.32. The fourth-order valence-corrected chi connectivity index (χ4v) is 8.97. The summed E-state index contributed by atoms with van der Waals surface area (Å²) in [6.07, 6.45) is 11.1. The largest absolute Gasteiger partial charge is 0.392 e. The molecule has 0 aliphatic carbocycles. The van der Waals surface area contributed by atoms with Gasteiger partial charge in [-0.1, -0.05) is 50.0 Å². The highest BCUT2D eigenvalue weighted by Crippen LogP contribution is 2.41. The summed E-state index contributed by atoms with van der Waals surface area (Å²) in [5.74, 6) is 2.94. The summed E-state index contributed by atoms with van der Waals surface area (Å²) >= 11 is 6.66. The van der Waals surface area contributed by atoms with Crippen LogP contribution in [0.1, 0.15) is 62.1 Å². The first-order chi connectivity index (χ1) is 26.6. The van der Waals surface area contributed by atoms with E-state index in [1.54, 1.807) is 6.20 Å². The van der Waals surface area contributed by atoms with Gasteiger partial charge in [0.1, 0.15) is 5.02 Å². The molecule has 0 spiro atoms. The van der Waals surface area contributed by atoms with Crippen molar-refractivity contribution in [1.82, 2.24) is 30.4 Å². The second-order valence-electron chi connectivity index (χ2n) is 15.8. The molecule has 0 radical (unpaired) electrons. The third-order valence-corrected chi connectivity index (χ3v) is 12.4. The van der Waals surface area contributed by atoms with Crippen molar-refractivity contribution >= 4 is 57.4 Å². The van der Waals surface area contributed by atoms with Gasteiger partial charge in [0.25, 0.3) is 0 Å². The molecular weight excluding hydrogens is 704 g/mol. The zero-order chi connectivity index (χ0) is 38.4. The van der Waals surface area contributed by atoms with Crippen LogP contribution in [0.4, 0.5) is 28.8 Å². The Hall–Kier alpha value is -5.22. The van der Waals surface area contributed by atoms with E-state index in [9.17, 15) is 0 Å². The molecule has 6 heterocycles. The van der Waals surface area contributed by atoms with Crippen LogP contribution in [0.25, 0.3) is 17.0 Å². The predicted octanol–water partition coefficient (Wildman–Crippen LogP) is 8.86. The van der Waals surface area contributed by atoms with E-state index >= 15 is 0 Å². The summed E-state index contributed by atoms with van der Waals surface area (Å²) in [6.45, 7) is 20.9. The lowest BCUT2D eigenvalue weighted by Crippen LogP contribution is -2.48. The van der Waals surface area contributed by atoms with Crippen molar-refractivity contribution in [3.8, 4) is 0 Å². The molecule has 1 unspecified atom stereocenters. The molecule has 10 nitrogen and oxygen atoms in total. The van der Waals surface area contributed by atoms with Crippen molar-refractivity contribution in [2.24, 2.45) is 18.9 Å². The number of halogens is 1. The van der Waals surface area contributed by atoms with Gasteiger partial charge in [-0.05, 0) is 92.7 Å². The molecule has 286 valence electrons. The van der Waals surface area contributed by atoms with Gasteiger partial charge in [-0.25, -0.2) is 4.98 Å². The van der Waals surface area contributed by atoms with E-state index in [4.69, 9.17) is 21.7 Å². The number of nitrogens with one attached hydrogen (secondary N) is 3. The number of allylic oxidation sites excluding steroid dienone is 4. The van der Waals surface area contributed by atoms with Crippen molar-refractivity contribution in [3.63, 3.8) is 0 Å². The van der Waals surface area contributed by atoms with Crippen LogP contribution in [0.3, 0.4) is 0 Å². The maximum atomic E-state index is 6.66. The summed E-state index contributed by atoms with van der Waals surface area (Å²) in [5.41, 5.74) is 12.1. The number of aryl methyl sites for hydroxylation is 1. The Bertz CT molecular complexity index is 2200. The van der Waals surface area contributed by atoms with Crippen molar-refractivity contribution in [1.29, 1.82) is 0 Å². The molecule has 4 aliphatic heterocycles. The van der Waals surface area contributed by atoms with Gasteiger partial charge in [-0.2, -0.15) is 10.1 Å². The molecule has 3 fully saturated rings. The van der Waals surface area contributed by atoms with Crippen LogP contribution < -0.4 is 30.7 Å². The Morgan fingerprint density at radius 1 is 1.00 bits per heavy atom. The molecule has 0 amide bonds. The SMILES string of the molecule is C=C(CCC1=Cc2cc(Nc3nc(N4CCC(CC5CN(c6cccc7c(C8CCC(=C)NC8=C)nn(C)c67)C5)CC4)ncc3Cl)ccc2N(C)C1=C)NC. The molecule has 3 saturated heterocycles. The fraction of sp³-hybridized carbons (Fsp3) is 0.386. The third-order valence-electron chi connectivity index (χ3n) is 12.1. The van der Waals surface area contributed by atoms with Crippen LogP contribution in [-0.4, -0.2) is 60.0 Å². The normalized spacial score (nSPS) is 19.3. The number of nitrogens with zero attached hydrogens (tertiary/aromatic N) is 7. The number of piperidine rings is 2. The molecule has 2 aromatic carbocycles. The van der Waals surface area contributed by atoms with Gasteiger partial charge in [-0.15, -0.1) is 0 Å². The number of hydrogen-bond donors (Lipinski definition) is 3. The second-order valence-corrected chi connectivity index (χ2v) is 16.2. The van der Waals surface area contributed by atoms with Crippen LogP contribution in [0.5, 0.6) is 0 Å². The van der Waals surface area contributed by atoms with Crippen molar-refractivity contribution in [2.75, 3.05) is 60.3 Å². The summed E-state index contributed by atoms with van der Waals surface area (Å²) < 4.78 is 2.07. The minimum absolute atomic E-state index is 0.199. The highest BCUT2D eigenvalue weighted by atomic mass is 35.5. The molecule has 55 heavy (non-hydrogen) atoms. The minimum Gasteiger partial charge on any atom is -0.392 e. The molecule has 4 aliphatic rings.